The highest BCUT2D eigenvalue weighted by atomic mass is 35.5. The van der Waals surface area contributed by atoms with Crippen LogP contribution in [0.1, 0.15) is 31.9 Å². The van der Waals surface area contributed by atoms with Crippen molar-refractivity contribution in [2.24, 2.45) is 11.7 Å². The van der Waals surface area contributed by atoms with E-state index < -0.39 is 6.10 Å². The SMILES string of the molecule is COc1ccc(C(O)C(N)CC(C)C)c(Cl)c1OC. The molecule has 5 heteroatoms. The fraction of sp³-hybridized carbons (Fsp3) is 0.571. The largest absolute Gasteiger partial charge is 0.493 e. The van der Waals surface area contributed by atoms with Crippen molar-refractivity contribution in [3.05, 3.63) is 22.7 Å². The zero-order chi connectivity index (χ0) is 14.6. The number of aliphatic hydroxyl groups excluding tert-OH is 1. The Balaban J connectivity index is 3.07. The molecule has 0 amide bonds. The van der Waals surface area contributed by atoms with Crippen molar-refractivity contribution in [1.82, 2.24) is 0 Å². The molecule has 2 unspecified atom stereocenters. The first-order chi connectivity index (χ1) is 8.92. The molecule has 0 bridgehead atoms. The van der Waals surface area contributed by atoms with Crippen molar-refractivity contribution >= 4 is 11.6 Å². The van der Waals surface area contributed by atoms with Gasteiger partial charge in [0.1, 0.15) is 0 Å². The second-order valence-corrected chi connectivity index (χ2v) is 5.32. The number of hydrogen-bond donors (Lipinski definition) is 2. The molecule has 1 aromatic carbocycles. The van der Waals surface area contributed by atoms with Gasteiger partial charge in [-0.25, -0.2) is 0 Å². The Morgan fingerprint density at radius 2 is 1.89 bits per heavy atom. The molecule has 0 spiro atoms. The highest BCUT2D eigenvalue weighted by Gasteiger charge is 2.23. The first-order valence-electron chi connectivity index (χ1n) is 6.26. The molecule has 108 valence electrons. The van der Waals surface area contributed by atoms with Gasteiger partial charge in [-0.1, -0.05) is 31.5 Å². The van der Waals surface area contributed by atoms with Gasteiger partial charge in [-0.15, -0.1) is 0 Å². The number of aliphatic hydroxyl groups is 1. The highest BCUT2D eigenvalue weighted by molar-refractivity contribution is 6.33. The van der Waals surface area contributed by atoms with E-state index in [1.54, 1.807) is 12.1 Å². The monoisotopic (exact) mass is 287 g/mol. The summed E-state index contributed by atoms with van der Waals surface area (Å²) >= 11 is 6.25. The first-order valence-corrected chi connectivity index (χ1v) is 6.64. The lowest BCUT2D eigenvalue weighted by molar-refractivity contribution is 0.135. The summed E-state index contributed by atoms with van der Waals surface area (Å²) in [5.41, 5.74) is 6.56. The van der Waals surface area contributed by atoms with E-state index in [9.17, 15) is 5.11 Å². The summed E-state index contributed by atoms with van der Waals surface area (Å²) < 4.78 is 10.4. The number of rotatable bonds is 6. The molecule has 19 heavy (non-hydrogen) atoms. The van der Waals surface area contributed by atoms with Gasteiger partial charge < -0.3 is 20.3 Å². The summed E-state index contributed by atoms with van der Waals surface area (Å²) in [5, 5.41) is 10.6. The van der Waals surface area contributed by atoms with Gasteiger partial charge in [0.15, 0.2) is 11.5 Å². The maximum Gasteiger partial charge on any atom is 0.179 e. The summed E-state index contributed by atoms with van der Waals surface area (Å²) in [6.45, 7) is 4.12. The maximum absolute atomic E-state index is 10.3. The van der Waals surface area contributed by atoms with Crippen molar-refractivity contribution in [2.75, 3.05) is 14.2 Å². The molecule has 3 N–H and O–H groups in total. The van der Waals surface area contributed by atoms with Crippen LogP contribution in [0.25, 0.3) is 0 Å². The Bertz CT molecular complexity index is 423. The van der Waals surface area contributed by atoms with E-state index in [-0.39, 0.29) is 6.04 Å². The van der Waals surface area contributed by atoms with Crippen LogP contribution in [0.2, 0.25) is 5.02 Å². The predicted octanol–water partition coefficient (Wildman–Crippen LogP) is 2.76. The smallest absolute Gasteiger partial charge is 0.179 e. The number of hydrogen-bond acceptors (Lipinski definition) is 4. The van der Waals surface area contributed by atoms with Crippen molar-refractivity contribution < 1.29 is 14.6 Å². The summed E-state index contributed by atoms with van der Waals surface area (Å²) in [5.74, 6) is 1.35. The van der Waals surface area contributed by atoms with Crippen molar-refractivity contribution in [2.45, 2.75) is 32.4 Å². The lowest BCUT2D eigenvalue weighted by Gasteiger charge is -2.23. The van der Waals surface area contributed by atoms with E-state index in [1.807, 2.05) is 0 Å². The lowest BCUT2D eigenvalue weighted by atomic mass is 9.95. The highest BCUT2D eigenvalue weighted by Crippen LogP contribution is 2.40. The van der Waals surface area contributed by atoms with Crippen molar-refractivity contribution in [3.63, 3.8) is 0 Å². The van der Waals surface area contributed by atoms with Gasteiger partial charge >= 0.3 is 0 Å². The minimum atomic E-state index is -0.824. The minimum Gasteiger partial charge on any atom is -0.493 e. The average molecular weight is 288 g/mol. The van der Waals surface area contributed by atoms with E-state index in [0.29, 0.717) is 34.4 Å². The molecule has 1 aromatic rings. The standard InChI is InChI=1S/C14H22ClNO3/c1-8(2)7-10(16)13(17)9-5-6-11(18-3)14(19-4)12(9)15/h5-6,8,10,13,17H,7,16H2,1-4H3. The van der Waals surface area contributed by atoms with Crippen LogP contribution in [0.15, 0.2) is 12.1 Å². The van der Waals surface area contributed by atoms with E-state index >= 15 is 0 Å². The van der Waals surface area contributed by atoms with Gasteiger partial charge in [0.05, 0.1) is 25.3 Å². The Morgan fingerprint density at radius 3 is 2.37 bits per heavy atom. The van der Waals surface area contributed by atoms with Crippen LogP contribution in [0, 0.1) is 5.92 Å². The molecule has 0 aromatic heterocycles. The van der Waals surface area contributed by atoms with Gasteiger partial charge in [-0.3, -0.25) is 0 Å². The maximum atomic E-state index is 10.3. The van der Waals surface area contributed by atoms with Crippen molar-refractivity contribution in [3.8, 4) is 11.5 Å². The first kappa shape index (κ1) is 16.1. The lowest BCUT2D eigenvalue weighted by Crippen LogP contribution is -2.30. The number of benzene rings is 1. The van der Waals surface area contributed by atoms with Crippen LogP contribution < -0.4 is 15.2 Å². The Kier molecular flexibility index (Phi) is 5.91. The number of methoxy groups -OCH3 is 2. The topological polar surface area (TPSA) is 64.7 Å². The Labute approximate surface area is 119 Å². The molecule has 4 nitrogen and oxygen atoms in total. The Hall–Kier alpha value is -0.970. The molecule has 2 atom stereocenters. The summed E-state index contributed by atoms with van der Waals surface area (Å²) in [6, 6.07) is 3.07. The van der Waals surface area contributed by atoms with Crippen LogP contribution in [0.4, 0.5) is 0 Å². The van der Waals surface area contributed by atoms with Crippen LogP contribution in [-0.2, 0) is 0 Å². The van der Waals surface area contributed by atoms with Gasteiger partial charge in [0, 0.05) is 11.6 Å². The molecule has 0 aliphatic carbocycles. The number of nitrogens with two attached hydrogens (primary N) is 1. The zero-order valence-corrected chi connectivity index (χ0v) is 12.6. The van der Waals surface area contributed by atoms with E-state index in [2.05, 4.69) is 13.8 Å². The van der Waals surface area contributed by atoms with Crippen LogP contribution in [-0.4, -0.2) is 25.4 Å². The minimum absolute atomic E-state index is 0.341. The third kappa shape index (κ3) is 3.75. The average Bonchev–Trinajstić information content (AvgIpc) is 2.36. The molecule has 1 rings (SSSR count). The number of ether oxygens (including phenoxy) is 2. The molecule has 0 aliphatic heterocycles. The van der Waals surface area contributed by atoms with Gasteiger partial charge in [-0.05, 0) is 18.4 Å². The summed E-state index contributed by atoms with van der Waals surface area (Å²) in [7, 11) is 3.04. The molecule has 0 heterocycles. The quantitative estimate of drug-likeness (QED) is 0.844. The van der Waals surface area contributed by atoms with E-state index in [4.69, 9.17) is 26.8 Å². The molecule has 0 aliphatic rings. The normalized spacial score (nSPS) is 14.3. The summed E-state index contributed by atoms with van der Waals surface area (Å²) in [6.07, 6.45) is -0.110. The van der Waals surface area contributed by atoms with Crippen molar-refractivity contribution in [1.29, 1.82) is 0 Å². The fourth-order valence-corrected chi connectivity index (χ4v) is 2.38. The molecule has 0 radical (unpaired) electrons. The number of halogens is 1. The zero-order valence-electron chi connectivity index (χ0n) is 11.8. The molecular weight excluding hydrogens is 266 g/mol. The third-order valence-electron chi connectivity index (χ3n) is 2.98. The van der Waals surface area contributed by atoms with Crippen LogP contribution in [0.3, 0.4) is 0 Å². The molecule has 0 fully saturated rings. The van der Waals surface area contributed by atoms with E-state index in [1.165, 1.54) is 14.2 Å². The summed E-state index contributed by atoms with van der Waals surface area (Å²) in [4.78, 5) is 0. The fourth-order valence-electron chi connectivity index (χ4n) is 2.04. The third-order valence-corrected chi connectivity index (χ3v) is 3.37. The molecule has 0 saturated heterocycles. The molecule has 0 saturated carbocycles. The Morgan fingerprint density at radius 1 is 1.26 bits per heavy atom. The van der Waals surface area contributed by atoms with Crippen LogP contribution >= 0.6 is 11.6 Å². The van der Waals surface area contributed by atoms with E-state index in [0.717, 1.165) is 0 Å². The molecular formula is C14H22ClNO3. The van der Waals surface area contributed by atoms with Gasteiger partial charge in [-0.2, -0.15) is 0 Å². The van der Waals surface area contributed by atoms with Gasteiger partial charge in [0.25, 0.3) is 0 Å². The predicted molar refractivity (Wildman–Crippen MR) is 76.9 cm³/mol. The second kappa shape index (κ2) is 6.98. The van der Waals surface area contributed by atoms with Crippen LogP contribution in [0.5, 0.6) is 11.5 Å². The van der Waals surface area contributed by atoms with Gasteiger partial charge in [0.2, 0.25) is 0 Å². The second-order valence-electron chi connectivity index (χ2n) is 4.94.